The van der Waals surface area contributed by atoms with Crippen LogP contribution in [0.25, 0.3) is 0 Å². The van der Waals surface area contributed by atoms with E-state index in [2.05, 4.69) is 5.32 Å². The van der Waals surface area contributed by atoms with Crippen LogP contribution in [0.5, 0.6) is 5.75 Å². The van der Waals surface area contributed by atoms with E-state index in [0.29, 0.717) is 0 Å². The van der Waals surface area contributed by atoms with E-state index in [9.17, 15) is 19.3 Å². The second-order valence-electron chi connectivity index (χ2n) is 4.86. The first-order chi connectivity index (χ1) is 11.4. The van der Waals surface area contributed by atoms with E-state index in [-0.39, 0.29) is 28.6 Å². The summed E-state index contributed by atoms with van der Waals surface area (Å²) in [5.74, 6) is -1.22. The Morgan fingerprint density at radius 2 is 2.08 bits per heavy atom. The van der Waals surface area contributed by atoms with Crippen molar-refractivity contribution in [2.75, 3.05) is 5.32 Å². The molecule has 1 atom stereocenters. The van der Waals surface area contributed by atoms with Crippen LogP contribution >= 0.6 is 11.6 Å². The molecule has 0 saturated heterocycles. The Bertz CT molecular complexity index is 769. The quantitative estimate of drug-likeness (QED) is 0.624. The van der Waals surface area contributed by atoms with Crippen molar-refractivity contribution in [2.45, 2.75) is 19.4 Å². The van der Waals surface area contributed by atoms with Crippen LogP contribution in [-0.4, -0.2) is 16.9 Å². The summed E-state index contributed by atoms with van der Waals surface area (Å²) in [6.07, 6.45) is -0.704. The Labute approximate surface area is 142 Å². The Morgan fingerprint density at radius 3 is 2.71 bits per heavy atom. The fourth-order valence-corrected chi connectivity index (χ4v) is 2.12. The number of nitrogens with zero attached hydrogens (tertiary/aromatic N) is 1. The molecule has 0 aliphatic heterocycles. The molecule has 2 aromatic rings. The third kappa shape index (κ3) is 4.20. The number of para-hydroxylation sites is 1. The number of nitrogens with one attached hydrogen (secondary N) is 1. The van der Waals surface area contributed by atoms with Crippen molar-refractivity contribution >= 4 is 28.9 Å². The van der Waals surface area contributed by atoms with Gasteiger partial charge in [0.25, 0.3) is 11.6 Å². The maximum absolute atomic E-state index is 13.6. The van der Waals surface area contributed by atoms with Gasteiger partial charge in [0.15, 0.2) is 17.7 Å². The standard InChI is InChI=1S/C16H14ClFN2O4/c1-2-14(24-15-6-4-3-5-12(15)18)16(21)19-13-9-10(20(22)23)7-8-11(13)17/h3-9,14H,2H2,1H3,(H,19,21)/t14-/m0/s1. The van der Waals surface area contributed by atoms with Crippen molar-refractivity contribution in [3.8, 4) is 5.75 Å². The summed E-state index contributed by atoms with van der Waals surface area (Å²) in [5.41, 5.74) is -0.121. The lowest BCUT2D eigenvalue weighted by atomic mass is 10.2. The summed E-state index contributed by atoms with van der Waals surface area (Å²) >= 11 is 5.94. The summed E-state index contributed by atoms with van der Waals surface area (Å²) in [6.45, 7) is 1.69. The molecule has 0 radical (unpaired) electrons. The number of anilines is 1. The smallest absolute Gasteiger partial charge is 0.271 e. The molecular weight excluding hydrogens is 339 g/mol. The lowest BCUT2D eigenvalue weighted by Gasteiger charge is -2.18. The molecule has 1 N–H and O–H groups in total. The summed E-state index contributed by atoms with van der Waals surface area (Å²) in [4.78, 5) is 22.5. The van der Waals surface area contributed by atoms with Crippen LogP contribution in [0.2, 0.25) is 5.02 Å². The summed E-state index contributed by atoms with van der Waals surface area (Å²) < 4.78 is 19.0. The van der Waals surface area contributed by atoms with Gasteiger partial charge < -0.3 is 10.1 Å². The monoisotopic (exact) mass is 352 g/mol. The fourth-order valence-electron chi connectivity index (χ4n) is 1.95. The number of ether oxygens (including phenoxy) is 1. The van der Waals surface area contributed by atoms with Gasteiger partial charge in [0.05, 0.1) is 15.6 Å². The Hall–Kier alpha value is -2.67. The maximum atomic E-state index is 13.6. The first kappa shape index (κ1) is 17.7. The maximum Gasteiger partial charge on any atom is 0.271 e. The van der Waals surface area contributed by atoms with Gasteiger partial charge in [-0.05, 0) is 24.6 Å². The third-order valence-corrected chi connectivity index (χ3v) is 3.52. The molecule has 0 bridgehead atoms. The van der Waals surface area contributed by atoms with Gasteiger partial charge in [0.2, 0.25) is 0 Å². The van der Waals surface area contributed by atoms with E-state index in [1.165, 1.54) is 30.3 Å². The molecule has 0 spiro atoms. The van der Waals surface area contributed by atoms with Crippen LogP contribution in [0.15, 0.2) is 42.5 Å². The minimum atomic E-state index is -0.975. The second-order valence-corrected chi connectivity index (χ2v) is 5.26. The predicted molar refractivity (Wildman–Crippen MR) is 87.8 cm³/mol. The summed E-state index contributed by atoms with van der Waals surface area (Å²) in [7, 11) is 0. The molecule has 2 rings (SSSR count). The van der Waals surface area contributed by atoms with Crippen molar-refractivity contribution in [1.29, 1.82) is 0 Å². The van der Waals surface area contributed by atoms with Crippen molar-refractivity contribution in [1.82, 2.24) is 0 Å². The average Bonchev–Trinajstić information content (AvgIpc) is 2.55. The number of carbonyl (C=O) groups is 1. The molecule has 24 heavy (non-hydrogen) atoms. The van der Waals surface area contributed by atoms with Crippen molar-refractivity contribution in [3.63, 3.8) is 0 Å². The first-order valence-corrected chi connectivity index (χ1v) is 7.46. The van der Waals surface area contributed by atoms with Gasteiger partial charge in [-0.25, -0.2) is 4.39 Å². The number of benzene rings is 2. The van der Waals surface area contributed by atoms with Gasteiger partial charge in [-0.2, -0.15) is 0 Å². The van der Waals surface area contributed by atoms with E-state index < -0.39 is 22.8 Å². The molecule has 8 heteroatoms. The molecule has 0 fully saturated rings. The summed E-state index contributed by atoms with van der Waals surface area (Å²) in [5, 5.41) is 13.4. The topological polar surface area (TPSA) is 81.5 Å². The van der Waals surface area contributed by atoms with E-state index in [1.807, 2.05) is 0 Å². The highest BCUT2D eigenvalue weighted by Crippen LogP contribution is 2.27. The molecular formula is C16H14ClFN2O4. The molecule has 0 heterocycles. The number of amides is 1. The first-order valence-electron chi connectivity index (χ1n) is 7.08. The number of halogens is 2. The Morgan fingerprint density at radius 1 is 1.38 bits per heavy atom. The lowest BCUT2D eigenvalue weighted by molar-refractivity contribution is -0.384. The highest BCUT2D eigenvalue weighted by molar-refractivity contribution is 6.33. The van der Waals surface area contributed by atoms with E-state index in [4.69, 9.17) is 16.3 Å². The SMILES string of the molecule is CC[C@H](Oc1ccccc1F)C(=O)Nc1cc([N+](=O)[O-])ccc1Cl. The molecule has 6 nitrogen and oxygen atoms in total. The molecule has 0 saturated carbocycles. The highest BCUT2D eigenvalue weighted by Gasteiger charge is 2.21. The fraction of sp³-hybridized carbons (Fsp3) is 0.188. The summed E-state index contributed by atoms with van der Waals surface area (Å²) in [6, 6.07) is 9.41. The number of non-ortho nitro benzene ring substituents is 1. The normalized spacial score (nSPS) is 11.6. The van der Waals surface area contributed by atoms with Gasteiger partial charge in [-0.15, -0.1) is 0 Å². The zero-order valence-corrected chi connectivity index (χ0v) is 13.4. The van der Waals surface area contributed by atoms with Crippen LogP contribution in [-0.2, 0) is 4.79 Å². The molecule has 126 valence electrons. The van der Waals surface area contributed by atoms with E-state index >= 15 is 0 Å². The minimum absolute atomic E-state index is 0.0513. The molecule has 0 unspecified atom stereocenters. The zero-order chi connectivity index (χ0) is 17.7. The number of nitro groups is 1. The van der Waals surface area contributed by atoms with Gasteiger partial charge in [-0.3, -0.25) is 14.9 Å². The Balaban J connectivity index is 2.16. The van der Waals surface area contributed by atoms with E-state index in [0.717, 1.165) is 6.07 Å². The van der Waals surface area contributed by atoms with Crippen molar-refractivity contribution in [3.05, 3.63) is 63.4 Å². The Kier molecular flexibility index (Phi) is 5.70. The van der Waals surface area contributed by atoms with Crippen LogP contribution in [0.4, 0.5) is 15.8 Å². The zero-order valence-electron chi connectivity index (χ0n) is 12.7. The highest BCUT2D eigenvalue weighted by atomic mass is 35.5. The number of hydrogen-bond donors (Lipinski definition) is 1. The molecule has 1 amide bonds. The second kappa shape index (κ2) is 7.74. The molecule has 0 aliphatic rings. The molecule has 0 aromatic heterocycles. The van der Waals surface area contributed by atoms with Crippen molar-refractivity contribution < 1.29 is 18.8 Å². The van der Waals surface area contributed by atoms with E-state index in [1.54, 1.807) is 13.0 Å². The van der Waals surface area contributed by atoms with Crippen LogP contribution in [0, 0.1) is 15.9 Å². The predicted octanol–water partition coefficient (Wildman–Crippen LogP) is 4.18. The number of nitro benzene ring substituents is 1. The van der Waals surface area contributed by atoms with Crippen LogP contribution in [0.1, 0.15) is 13.3 Å². The van der Waals surface area contributed by atoms with Gasteiger partial charge in [-0.1, -0.05) is 30.7 Å². The largest absolute Gasteiger partial charge is 0.478 e. The van der Waals surface area contributed by atoms with Crippen LogP contribution < -0.4 is 10.1 Å². The minimum Gasteiger partial charge on any atom is -0.478 e. The van der Waals surface area contributed by atoms with Gasteiger partial charge in [0, 0.05) is 12.1 Å². The molecule has 0 aliphatic carbocycles. The number of hydrogen-bond acceptors (Lipinski definition) is 4. The average molecular weight is 353 g/mol. The van der Waals surface area contributed by atoms with Gasteiger partial charge in [0.1, 0.15) is 0 Å². The number of carbonyl (C=O) groups excluding carboxylic acids is 1. The van der Waals surface area contributed by atoms with Crippen LogP contribution in [0.3, 0.4) is 0 Å². The lowest BCUT2D eigenvalue weighted by Crippen LogP contribution is -2.32. The number of rotatable bonds is 6. The molecule has 2 aromatic carbocycles. The van der Waals surface area contributed by atoms with Crippen molar-refractivity contribution in [2.24, 2.45) is 0 Å². The third-order valence-electron chi connectivity index (χ3n) is 3.19. The van der Waals surface area contributed by atoms with Gasteiger partial charge >= 0.3 is 0 Å².